The summed E-state index contributed by atoms with van der Waals surface area (Å²) in [6, 6.07) is 16.9. The van der Waals surface area contributed by atoms with E-state index in [-0.39, 0.29) is 0 Å². The van der Waals surface area contributed by atoms with Crippen LogP contribution in [0.1, 0.15) is 31.4 Å². The maximum Gasteiger partial charge on any atom is 0.142 e. The molecule has 0 aromatic heterocycles. The molecule has 0 heterocycles. The molecule has 0 aliphatic heterocycles. The monoisotopic (exact) mass is 333 g/mol. The first-order valence-corrected chi connectivity index (χ1v) is 7.69. The maximum atomic E-state index is 5.43. The molecule has 20 heavy (non-hydrogen) atoms. The summed E-state index contributed by atoms with van der Waals surface area (Å²) < 4.78 is 6.48. The molecule has 0 saturated heterocycles. The van der Waals surface area contributed by atoms with E-state index in [9.17, 15) is 0 Å². The first-order chi connectivity index (χ1) is 9.74. The lowest BCUT2D eigenvalue weighted by molar-refractivity contribution is 0.415. The zero-order chi connectivity index (χ0) is 14.4. The van der Waals surface area contributed by atoms with Crippen molar-refractivity contribution >= 4 is 21.6 Å². The van der Waals surface area contributed by atoms with Gasteiger partial charge in [0.25, 0.3) is 0 Å². The minimum absolute atomic E-state index is 0.296. The van der Waals surface area contributed by atoms with Crippen LogP contribution in [0.3, 0.4) is 0 Å². The smallest absolute Gasteiger partial charge is 0.142 e. The Bertz CT molecular complexity index is 542. The number of halogens is 1. The molecule has 2 nitrogen and oxygen atoms in total. The molecule has 0 aliphatic carbocycles. The molecule has 1 atom stereocenters. The van der Waals surface area contributed by atoms with Crippen LogP contribution in [0.15, 0.2) is 53.0 Å². The summed E-state index contributed by atoms with van der Waals surface area (Å²) in [7, 11) is 1.70. The molecule has 0 amide bonds. The van der Waals surface area contributed by atoms with Crippen LogP contribution < -0.4 is 10.1 Å². The van der Waals surface area contributed by atoms with E-state index in [1.807, 2.05) is 18.2 Å². The highest BCUT2D eigenvalue weighted by molar-refractivity contribution is 9.10. The van der Waals surface area contributed by atoms with E-state index in [4.69, 9.17) is 4.74 Å². The fourth-order valence-corrected chi connectivity index (χ4v) is 2.64. The summed E-state index contributed by atoms with van der Waals surface area (Å²) >= 11 is 3.52. The number of hydrogen-bond donors (Lipinski definition) is 1. The van der Waals surface area contributed by atoms with Crippen molar-refractivity contribution < 1.29 is 4.74 Å². The normalized spacial score (nSPS) is 11.9. The van der Waals surface area contributed by atoms with Gasteiger partial charge in [-0.2, -0.15) is 0 Å². The van der Waals surface area contributed by atoms with Crippen LogP contribution in [-0.2, 0) is 0 Å². The Labute approximate surface area is 129 Å². The van der Waals surface area contributed by atoms with Crippen molar-refractivity contribution in [2.45, 2.75) is 25.8 Å². The van der Waals surface area contributed by atoms with Crippen molar-refractivity contribution in [3.63, 3.8) is 0 Å². The molecule has 2 rings (SSSR count). The van der Waals surface area contributed by atoms with E-state index in [0.29, 0.717) is 6.04 Å². The van der Waals surface area contributed by atoms with Crippen LogP contribution in [0, 0.1) is 0 Å². The zero-order valence-electron chi connectivity index (χ0n) is 11.9. The van der Waals surface area contributed by atoms with Crippen LogP contribution >= 0.6 is 15.9 Å². The van der Waals surface area contributed by atoms with Gasteiger partial charge in [-0.3, -0.25) is 0 Å². The van der Waals surface area contributed by atoms with Crippen molar-refractivity contribution in [3.05, 3.63) is 58.6 Å². The Morgan fingerprint density at radius 3 is 2.55 bits per heavy atom. The van der Waals surface area contributed by atoms with E-state index in [1.165, 1.54) is 5.56 Å². The highest BCUT2D eigenvalue weighted by Gasteiger charge is 2.13. The van der Waals surface area contributed by atoms with Gasteiger partial charge in [0.1, 0.15) is 5.75 Å². The van der Waals surface area contributed by atoms with Gasteiger partial charge in [0.2, 0.25) is 0 Å². The summed E-state index contributed by atoms with van der Waals surface area (Å²) in [6.07, 6.45) is 2.21. The van der Waals surface area contributed by atoms with Crippen LogP contribution in [0.25, 0.3) is 0 Å². The summed E-state index contributed by atoms with van der Waals surface area (Å²) in [4.78, 5) is 0. The van der Waals surface area contributed by atoms with Gasteiger partial charge in [-0.25, -0.2) is 0 Å². The van der Waals surface area contributed by atoms with E-state index in [2.05, 4.69) is 58.5 Å². The summed E-state index contributed by atoms with van der Waals surface area (Å²) in [5.74, 6) is 0.866. The number of benzene rings is 2. The molecule has 106 valence electrons. The second-order valence-electron chi connectivity index (χ2n) is 4.74. The summed E-state index contributed by atoms with van der Waals surface area (Å²) in [5, 5.41) is 3.60. The first kappa shape index (κ1) is 14.9. The second kappa shape index (κ2) is 7.34. The molecular weight excluding hydrogens is 314 g/mol. The van der Waals surface area contributed by atoms with Crippen molar-refractivity contribution in [1.82, 2.24) is 0 Å². The molecule has 2 aromatic rings. The molecule has 1 N–H and O–H groups in total. The number of ether oxygens (including phenoxy) is 1. The molecule has 0 fully saturated rings. The Balaban J connectivity index is 2.26. The van der Waals surface area contributed by atoms with Gasteiger partial charge in [-0.15, -0.1) is 0 Å². The minimum atomic E-state index is 0.296. The predicted octanol–water partition coefficient (Wildman–Crippen LogP) is 5.41. The molecular formula is C17H20BrNO. The number of rotatable bonds is 6. The Morgan fingerprint density at radius 1 is 1.15 bits per heavy atom. The minimum Gasteiger partial charge on any atom is -0.495 e. The van der Waals surface area contributed by atoms with Crippen LogP contribution in [0.4, 0.5) is 5.69 Å². The number of methoxy groups -OCH3 is 1. The highest BCUT2D eigenvalue weighted by atomic mass is 79.9. The molecule has 0 saturated carbocycles. The van der Waals surface area contributed by atoms with E-state index in [0.717, 1.165) is 28.8 Å². The lowest BCUT2D eigenvalue weighted by Crippen LogP contribution is -2.11. The second-order valence-corrected chi connectivity index (χ2v) is 5.66. The van der Waals surface area contributed by atoms with Crippen molar-refractivity contribution in [1.29, 1.82) is 0 Å². The quantitative estimate of drug-likeness (QED) is 0.762. The summed E-state index contributed by atoms with van der Waals surface area (Å²) in [6.45, 7) is 2.20. The molecule has 3 heteroatoms. The summed E-state index contributed by atoms with van der Waals surface area (Å²) in [5.41, 5.74) is 2.32. The molecule has 1 unspecified atom stereocenters. The van der Waals surface area contributed by atoms with Gasteiger partial charge < -0.3 is 10.1 Å². The van der Waals surface area contributed by atoms with Gasteiger partial charge in [0, 0.05) is 4.47 Å². The van der Waals surface area contributed by atoms with E-state index in [1.54, 1.807) is 7.11 Å². The van der Waals surface area contributed by atoms with Gasteiger partial charge >= 0.3 is 0 Å². The number of nitrogens with one attached hydrogen (secondary N) is 1. The fourth-order valence-electron chi connectivity index (χ4n) is 2.28. The van der Waals surface area contributed by atoms with E-state index >= 15 is 0 Å². The molecule has 0 radical (unpaired) electrons. The fraction of sp³-hybridized carbons (Fsp3) is 0.294. The zero-order valence-corrected chi connectivity index (χ0v) is 13.5. The standard InChI is InChI=1S/C17H20BrNO/c1-3-7-15(13-8-5-4-6-9-13)19-16-12-14(18)10-11-17(16)20-2/h4-6,8-12,15,19H,3,7H2,1-2H3. The third-order valence-corrected chi connectivity index (χ3v) is 3.76. The van der Waals surface area contributed by atoms with Gasteiger partial charge in [-0.05, 0) is 30.2 Å². The first-order valence-electron chi connectivity index (χ1n) is 6.89. The van der Waals surface area contributed by atoms with E-state index < -0.39 is 0 Å². The van der Waals surface area contributed by atoms with Gasteiger partial charge in [-0.1, -0.05) is 59.6 Å². The third-order valence-electron chi connectivity index (χ3n) is 3.27. The Morgan fingerprint density at radius 2 is 1.90 bits per heavy atom. The highest BCUT2D eigenvalue weighted by Crippen LogP contribution is 2.32. The van der Waals surface area contributed by atoms with Crippen molar-refractivity contribution in [3.8, 4) is 5.75 Å². The Hall–Kier alpha value is -1.48. The average molecular weight is 334 g/mol. The van der Waals surface area contributed by atoms with Crippen molar-refractivity contribution in [2.75, 3.05) is 12.4 Å². The molecule has 0 spiro atoms. The van der Waals surface area contributed by atoms with Crippen LogP contribution in [0.5, 0.6) is 5.75 Å². The van der Waals surface area contributed by atoms with Crippen molar-refractivity contribution in [2.24, 2.45) is 0 Å². The number of anilines is 1. The topological polar surface area (TPSA) is 21.3 Å². The third kappa shape index (κ3) is 3.76. The number of hydrogen-bond acceptors (Lipinski definition) is 2. The maximum absolute atomic E-state index is 5.43. The van der Waals surface area contributed by atoms with Gasteiger partial charge in [0.05, 0.1) is 18.8 Å². The SMILES string of the molecule is CCCC(Nc1cc(Br)ccc1OC)c1ccccc1. The Kier molecular flexibility index (Phi) is 5.48. The lowest BCUT2D eigenvalue weighted by Gasteiger charge is -2.21. The largest absolute Gasteiger partial charge is 0.495 e. The average Bonchev–Trinajstić information content (AvgIpc) is 2.48. The molecule has 0 aliphatic rings. The predicted molar refractivity (Wildman–Crippen MR) is 88.4 cm³/mol. The van der Waals surface area contributed by atoms with Crippen LogP contribution in [-0.4, -0.2) is 7.11 Å². The lowest BCUT2D eigenvalue weighted by atomic mass is 10.0. The molecule has 2 aromatic carbocycles. The van der Waals surface area contributed by atoms with Crippen LogP contribution in [0.2, 0.25) is 0 Å². The molecule has 0 bridgehead atoms. The van der Waals surface area contributed by atoms with Gasteiger partial charge in [0.15, 0.2) is 0 Å².